The minimum absolute atomic E-state index is 0.00944. The minimum atomic E-state index is -1.39. The molecule has 1 saturated carbocycles. The van der Waals surface area contributed by atoms with Crippen LogP contribution in [0.25, 0.3) is 0 Å². The Kier molecular flexibility index (Phi) is 2.84. The van der Waals surface area contributed by atoms with Gasteiger partial charge in [0, 0.05) is 5.92 Å². The standard InChI is InChI=1S/C13H14FNO3/c1-13(2)6-7(13)11(16)15-9-5-3-4-8(14)10(9)12(17)18/h3-5,7H,6H2,1-2H3,(H,15,16)(H,17,18). The van der Waals surface area contributed by atoms with Gasteiger partial charge in [0.25, 0.3) is 0 Å². The lowest BCUT2D eigenvalue weighted by atomic mass is 10.1. The summed E-state index contributed by atoms with van der Waals surface area (Å²) in [5.41, 5.74) is -0.541. The van der Waals surface area contributed by atoms with Crippen molar-refractivity contribution in [3.63, 3.8) is 0 Å². The van der Waals surface area contributed by atoms with Gasteiger partial charge in [0.15, 0.2) is 0 Å². The van der Waals surface area contributed by atoms with E-state index < -0.39 is 17.3 Å². The molecule has 0 bridgehead atoms. The summed E-state index contributed by atoms with van der Waals surface area (Å²) in [5, 5.41) is 11.4. The maximum Gasteiger partial charge on any atom is 0.340 e. The number of halogens is 1. The predicted octanol–water partition coefficient (Wildman–Crippen LogP) is 2.51. The van der Waals surface area contributed by atoms with Crippen LogP contribution in [0.2, 0.25) is 0 Å². The molecule has 1 amide bonds. The van der Waals surface area contributed by atoms with Gasteiger partial charge in [0.2, 0.25) is 5.91 Å². The Bertz CT molecular complexity index is 525. The Morgan fingerprint density at radius 3 is 2.56 bits per heavy atom. The number of amides is 1. The van der Waals surface area contributed by atoms with Crippen LogP contribution >= 0.6 is 0 Å². The van der Waals surface area contributed by atoms with E-state index in [1.807, 2.05) is 13.8 Å². The molecule has 1 unspecified atom stereocenters. The largest absolute Gasteiger partial charge is 0.478 e. The predicted molar refractivity (Wildman–Crippen MR) is 63.9 cm³/mol. The molecule has 4 nitrogen and oxygen atoms in total. The van der Waals surface area contributed by atoms with Crippen LogP contribution in [0.5, 0.6) is 0 Å². The molecule has 0 aliphatic heterocycles. The first-order chi connectivity index (χ1) is 8.33. The lowest BCUT2D eigenvalue weighted by molar-refractivity contribution is -0.118. The van der Waals surface area contributed by atoms with Gasteiger partial charge in [-0.15, -0.1) is 0 Å². The molecule has 1 aromatic carbocycles. The molecule has 2 rings (SSSR count). The highest BCUT2D eigenvalue weighted by atomic mass is 19.1. The fraction of sp³-hybridized carbons (Fsp3) is 0.385. The molecule has 5 heteroatoms. The third-order valence-electron chi connectivity index (χ3n) is 3.32. The van der Waals surface area contributed by atoms with Gasteiger partial charge in [-0.05, 0) is 24.0 Å². The number of hydrogen-bond donors (Lipinski definition) is 2. The smallest absolute Gasteiger partial charge is 0.340 e. The number of nitrogens with one attached hydrogen (secondary N) is 1. The fourth-order valence-electron chi connectivity index (χ4n) is 1.98. The van der Waals surface area contributed by atoms with Crippen molar-refractivity contribution in [3.8, 4) is 0 Å². The number of aromatic carboxylic acids is 1. The van der Waals surface area contributed by atoms with E-state index in [-0.39, 0.29) is 22.9 Å². The number of anilines is 1. The van der Waals surface area contributed by atoms with Gasteiger partial charge in [0.1, 0.15) is 11.4 Å². The molecule has 96 valence electrons. The normalized spacial score (nSPS) is 20.3. The van der Waals surface area contributed by atoms with E-state index in [2.05, 4.69) is 5.32 Å². The number of hydrogen-bond acceptors (Lipinski definition) is 2. The highest BCUT2D eigenvalue weighted by molar-refractivity contribution is 6.02. The summed E-state index contributed by atoms with van der Waals surface area (Å²) in [6.07, 6.45) is 0.760. The van der Waals surface area contributed by atoms with Gasteiger partial charge in [-0.3, -0.25) is 4.79 Å². The number of carbonyl (C=O) groups is 2. The van der Waals surface area contributed by atoms with E-state index in [1.54, 1.807) is 0 Å². The number of carboxylic acid groups (broad SMARTS) is 1. The third kappa shape index (κ3) is 2.20. The van der Waals surface area contributed by atoms with E-state index in [4.69, 9.17) is 5.11 Å². The van der Waals surface area contributed by atoms with Crippen LogP contribution in [0, 0.1) is 17.2 Å². The van der Waals surface area contributed by atoms with Crippen molar-refractivity contribution in [2.75, 3.05) is 5.32 Å². The van der Waals surface area contributed by atoms with Crippen molar-refractivity contribution in [1.29, 1.82) is 0 Å². The summed E-state index contributed by atoms with van der Waals surface area (Å²) in [7, 11) is 0. The molecule has 0 heterocycles. The number of carbonyl (C=O) groups excluding carboxylic acids is 1. The quantitative estimate of drug-likeness (QED) is 0.867. The van der Waals surface area contributed by atoms with E-state index in [0.29, 0.717) is 0 Å². The van der Waals surface area contributed by atoms with E-state index in [0.717, 1.165) is 12.5 Å². The van der Waals surface area contributed by atoms with Crippen LogP contribution in [0.3, 0.4) is 0 Å². The molecule has 18 heavy (non-hydrogen) atoms. The molecule has 2 N–H and O–H groups in total. The van der Waals surface area contributed by atoms with Crippen molar-refractivity contribution < 1.29 is 19.1 Å². The molecule has 0 radical (unpaired) electrons. The van der Waals surface area contributed by atoms with Crippen molar-refractivity contribution in [1.82, 2.24) is 0 Å². The van der Waals surface area contributed by atoms with Crippen LogP contribution in [0.1, 0.15) is 30.6 Å². The van der Waals surface area contributed by atoms with E-state index >= 15 is 0 Å². The average Bonchev–Trinajstić information content (AvgIpc) is 2.87. The van der Waals surface area contributed by atoms with Crippen LogP contribution in [-0.2, 0) is 4.79 Å². The van der Waals surface area contributed by atoms with Gasteiger partial charge in [-0.1, -0.05) is 19.9 Å². The fourth-order valence-corrected chi connectivity index (χ4v) is 1.98. The average molecular weight is 251 g/mol. The second-order valence-corrected chi connectivity index (χ2v) is 5.20. The Balaban J connectivity index is 2.22. The number of benzene rings is 1. The molecule has 0 saturated heterocycles. The zero-order valence-corrected chi connectivity index (χ0v) is 10.2. The first-order valence-electron chi connectivity index (χ1n) is 5.65. The second-order valence-electron chi connectivity index (χ2n) is 5.20. The summed E-state index contributed by atoms with van der Waals surface area (Å²) >= 11 is 0. The topological polar surface area (TPSA) is 66.4 Å². The summed E-state index contributed by atoms with van der Waals surface area (Å²) < 4.78 is 13.4. The summed E-state index contributed by atoms with van der Waals surface area (Å²) in [5.74, 6) is -2.63. The van der Waals surface area contributed by atoms with Crippen molar-refractivity contribution in [3.05, 3.63) is 29.6 Å². The molecule has 0 spiro atoms. The molecular weight excluding hydrogens is 237 g/mol. The minimum Gasteiger partial charge on any atom is -0.478 e. The van der Waals surface area contributed by atoms with Gasteiger partial charge >= 0.3 is 5.97 Å². The van der Waals surface area contributed by atoms with Crippen molar-refractivity contribution in [2.45, 2.75) is 20.3 Å². The highest BCUT2D eigenvalue weighted by Crippen LogP contribution is 2.52. The highest BCUT2D eigenvalue weighted by Gasteiger charge is 2.50. The lowest BCUT2D eigenvalue weighted by Gasteiger charge is -2.09. The molecular formula is C13H14FNO3. The SMILES string of the molecule is CC1(C)CC1C(=O)Nc1cccc(F)c1C(=O)O. The van der Waals surface area contributed by atoms with E-state index in [1.165, 1.54) is 12.1 Å². The van der Waals surface area contributed by atoms with Gasteiger partial charge in [-0.25, -0.2) is 9.18 Å². The monoisotopic (exact) mass is 251 g/mol. The van der Waals surface area contributed by atoms with Gasteiger partial charge in [0.05, 0.1) is 5.69 Å². The maximum atomic E-state index is 13.4. The number of rotatable bonds is 3. The molecule has 0 aromatic heterocycles. The maximum absolute atomic E-state index is 13.4. The Hall–Kier alpha value is -1.91. The zero-order chi connectivity index (χ0) is 13.5. The third-order valence-corrected chi connectivity index (χ3v) is 3.32. The zero-order valence-electron chi connectivity index (χ0n) is 10.2. The second kappa shape index (κ2) is 4.08. The van der Waals surface area contributed by atoms with Crippen LogP contribution in [0.4, 0.5) is 10.1 Å². The first-order valence-corrected chi connectivity index (χ1v) is 5.65. The molecule has 1 aromatic rings. The molecule has 1 aliphatic rings. The Morgan fingerprint density at radius 1 is 1.44 bits per heavy atom. The van der Waals surface area contributed by atoms with E-state index in [9.17, 15) is 14.0 Å². The van der Waals surface area contributed by atoms with Crippen LogP contribution in [0.15, 0.2) is 18.2 Å². The summed E-state index contributed by atoms with van der Waals surface area (Å²) in [4.78, 5) is 22.8. The van der Waals surface area contributed by atoms with Gasteiger partial charge in [-0.2, -0.15) is 0 Å². The lowest BCUT2D eigenvalue weighted by Crippen LogP contribution is -2.19. The Morgan fingerprint density at radius 2 is 2.06 bits per heavy atom. The first kappa shape index (κ1) is 12.5. The van der Waals surface area contributed by atoms with Gasteiger partial charge < -0.3 is 10.4 Å². The van der Waals surface area contributed by atoms with Crippen molar-refractivity contribution in [2.24, 2.45) is 11.3 Å². The van der Waals surface area contributed by atoms with Crippen LogP contribution < -0.4 is 5.32 Å². The van der Waals surface area contributed by atoms with Crippen molar-refractivity contribution >= 4 is 17.6 Å². The number of carboxylic acids is 1. The Labute approximate surface area is 104 Å². The molecule has 1 atom stereocenters. The summed E-state index contributed by atoms with van der Waals surface area (Å²) in [6.45, 7) is 3.92. The molecule has 1 fully saturated rings. The summed E-state index contributed by atoms with van der Waals surface area (Å²) in [6, 6.07) is 3.81. The molecule has 1 aliphatic carbocycles. The van der Waals surface area contributed by atoms with Crippen LogP contribution in [-0.4, -0.2) is 17.0 Å².